The first-order valence-electron chi connectivity index (χ1n) is 10.4. The number of piperazine rings is 1. The van der Waals surface area contributed by atoms with Crippen molar-refractivity contribution in [2.24, 2.45) is 0 Å². The fourth-order valence-electron chi connectivity index (χ4n) is 3.32. The number of nitrogens with zero attached hydrogens (tertiary/aromatic N) is 2. The molecule has 0 bridgehead atoms. The molecule has 1 N–H and O–H groups in total. The molecule has 0 saturated carbocycles. The second-order valence-corrected chi connectivity index (χ2v) is 7.69. The van der Waals surface area contributed by atoms with Gasteiger partial charge in [-0.15, -0.1) is 0 Å². The predicted molar refractivity (Wildman–Crippen MR) is 122 cm³/mol. The molecule has 3 amide bonds. The van der Waals surface area contributed by atoms with Gasteiger partial charge in [-0.25, -0.2) is 0 Å². The molecule has 0 atom stereocenters. The first-order chi connectivity index (χ1) is 15.9. The van der Waals surface area contributed by atoms with Gasteiger partial charge < -0.3 is 29.3 Å². The molecule has 1 fully saturated rings. The number of carbonyl (C=O) groups excluding carboxylic acids is 3. The van der Waals surface area contributed by atoms with Crippen LogP contribution in [0.2, 0.25) is 5.02 Å². The summed E-state index contributed by atoms with van der Waals surface area (Å²) in [5.41, 5.74) is 0.358. The molecule has 2 aromatic rings. The van der Waals surface area contributed by atoms with Crippen LogP contribution in [-0.4, -0.2) is 81.1 Å². The number of nitrogens with one attached hydrogen (secondary N) is 1. The van der Waals surface area contributed by atoms with Crippen LogP contribution in [0.15, 0.2) is 42.5 Å². The Morgan fingerprint density at radius 2 is 1.48 bits per heavy atom. The largest absolute Gasteiger partial charge is 0.493 e. The minimum atomic E-state index is -0.391. The maximum atomic E-state index is 12.5. The van der Waals surface area contributed by atoms with Crippen LogP contribution < -0.4 is 19.5 Å². The van der Waals surface area contributed by atoms with Gasteiger partial charge in [-0.2, -0.15) is 0 Å². The summed E-state index contributed by atoms with van der Waals surface area (Å²) in [4.78, 5) is 40.6. The summed E-state index contributed by atoms with van der Waals surface area (Å²) < 4.78 is 15.8. The second kappa shape index (κ2) is 11.4. The smallest absolute Gasteiger partial charge is 0.260 e. The van der Waals surface area contributed by atoms with Gasteiger partial charge in [-0.1, -0.05) is 11.6 Å². The van der Waals surface area contributed by atoms with E-state index in [9.17, 15) is 14.4 Å². The topological polar surface area (TPSA) is 97.4 Å². The number of carbonyl (C=O) groups is 3. The first-order valence-corrected chi connectivity index (χ1v) is 10.7. The minimum Gasteiger partial charge on any atom is -0.493 e. The van der Waals surface area contributed by atoms with Crippen molar-refractivity contribution in [2.75, 3.05) is 53.6 Å². The lowest BCUT2D eigenvalue weighted by atomic mass is 10.2. The number of methoxy groups -OCH3 is 2. The Bertz CT molecular complexity index is 990. The van der Waals surface area contributed by atoms with Crippen LogP contribution in [0, 0.1) is 0 Å². The minimum absolute atomic E-state index is 0.0863. The molecule has 2 aromatic carbocycles. The molecular formula is C23H26ClN3O6. The summed E-state index contributed by atoms with van der Waals surface area (Å²) in [6, 6.07) is 11.5. The summed E-state index contributed by atoms with van der Waals surface area (Å²) in [6.07, 6.45) is 0. The van der Waals surface area contributed by atoms with Crippen LogP contribution in [0.5, 0.6) is 17.2 Å². The van der Waals surface area contributed by atoms with Gasteiger partial charge in [0.2, 0.25) is 5.91 Å². The van der Waals surface area contributed by atoms with Crippen molar-refractivity contribution in [3.8, 4) is 17.2 Å². The molecule has 0 unspecified atom stereocenters. The Balaban J connectivity index is 1.42. The molecule has 33 heavy (non-hydrogen) atoms. The standard InChI is InChI=1S/C23H26ClN3O6/c1-31-19-8-3-16(13-20(19)32-2)23(30)25-14-21(28)26-9-11-27(12-10-26)22(29)15-33-18-6-4-17(24)5-7-18/h3-8,13H,9-12,14-15H2,1-2H3,(H,25,30). The van der Waals surface area contributed by atoms with E-state index in [0.717, 1.165) is 0 Å². The number of ether oxygens (including phenoxy) is 3. The van der Waals surface area contributed by atoms with Crippen molar-refractivity contribution >= 4 is 29.3 Å². The molecule has 9 nitrogen and oxygen atoms in total. The fourth-order valence-corrected chi connectivity index (χ4v) is 3.45. The number of benzene rings is 2. The molecule has 1 aliphatic heterocycles. The van der Waals surface area contributed by atoms with Gasteiger partial charge in [0.05, 0.1) is 20.8 Å². The Morgan fingerprint density at radius 3 is 2.09 bits per heavy atom. The number of amides is 3. The number of hydrogen-bond donors (Lipinski definition) is 1. The molecule has 3 rings (SSSR count). The van der Waals surface area contributed by atoms with Gasteiger partial charge in [0.15, 0.2) is 18.1 Å². The highest BCUT2D eigenvalue weighted by Crippen LogP contribution is 2.27. The van der Waals surface area contributed by atoms with Crippen molar-refractivity contribution in [2.45, 2.75) is 0 Å². The molecule has 1 aliphatic rings. The molecule has 1 saturated heterocycles. The first kappa shape index (κ1) is 24.2. The SMILES string of the molecule is COc1ccc(C(=O)NCC(=O)N2CCN(C(=O)COc3ccc(Cl)cc3)CC2)cc1OC. The maximum Gasteiger partial charge on any atom is 0.260 e. The van der Waals surface area contributed by atoms with Crippen LogP contribution in [0.4, 0.5) is 0 Å². The number of hydrogen-bond acceptors (Lipinski definition) is 6. The molecule has 0 aromatic heterocycles. The average Bonchev–Trinajstić information content (AvgIpc) is 2.86. The highest BCUT2D eigenvalue weighted by atomic mass is 35.5. The van der Waals surface area contributed by atoms with Crippen LogP contribution in [0.1, 0.15) is 10.4 Å². The lowest BCUT2D eigenvalue weighted by molar-refractivity contribution is -0.140. The monoisotopic (exact) mass is 475 g/mol. The highest BCUT2D eigenvalue weighted by Gasteiger charge is 2.24. The predicted octanol–water partition coefficient (Wildman–Crippen LogP) is 1.84. The van der Waals surface area contributed by atoms with Gasteiger partial charge in [-0.05, 0) is 42.5 Å². The van der Waals surface area contributed by atoms with Crippen LogP contribution in [-0.2, 0) is 9.59 Å². The molecule has 1 heterocycles. The van der Waals surface area contributed by atoms with E-state index in [0.29, 0.717) is 54.0 Å². The van der Waals surface area contributed by atoms with Gasteiger partial charge >= 0.3 is 0 Å². The zero-order valence-corrected chi connectivity index (χ0v) is 19.3. The van der Waals surface area contributed by atoms with Crippen LogP contribution in [0.3, 0.4) is 0 Å². The number of rotatable bonds is 8. The normalized spacial score (nSPS) is 13.3. The molecule has 0 aliphatic carbocycles. The van der Waals surface area contributed by atoms with Gasteiger partial charge in [0.25, 0.3) is 11.8 Å². The van der Waals surface area contributed by atoms with Crippen LogP contribution in [0.25, 0.3) is 0 Å². The Hall–Kier alpha value is -3.46. The average molecular weight is 476 g/mol. The highest BCUT2D eigenvalue weighted by molar-refractivity contribution is 6.30. The van der Waals surface area contributed by atoms with Crippen molar-refractivity contribution in [1.82, 2.24) is 15.1 Å². The molecule has 10 heteroatoms. The summed E-state index contributed by atoms with van der Waals surface area (Å²) in [5.74, 6) is 0.741. The lowest BCUT2D eigenvalue weighted by Crippen LogP contribution is -2.53. The lowest BCUT2D eigenvalue weighted by Gasteiger charge is -2.34. The van der Waals surface area contributed by atoms with Crippen molar-refractivity contribution in [3.63, 3.8) is 0 Å². The zero-order valence-electron chi connectivity index (χ0n) is 18.5. The fraction of sp³-hybridized carbons (Fsp3) is 0.348. The van der Waals surface area contributed by atoms with Gasteiger partial charge in [0, 0.05) is 36.8 Å². The molecule has 0 radical (unpaired) electrons. The number of halogens is 1. The Labute approximate surface area is 197 Å². The summed E-state index contributed by atoms with van der Waals surface area (Å²) in [5, 5.41) is 3.22. The van der Waals surface area contributed by atoms with Crippen molar-refractivity contribution in [3.05, 3.63) is 53.1 Å². The third-order valence-electron chi connectivity index (χ3n) is 5.21. The zero-order chi connectivity index (χ0) is 23.8. The van der Waals surface area contributed by atoms with Crippen molar-refractivity contribution < 1.29 is 28.6 Å². The van der Waals surface area contributed by atoms with E-state index in [1.807, 2.05) is 0 Å². The van der Waals surface area contributed by atoms with E-state index in [2.05, 4.69) is 5.32 Å². The van der Waals surface area contributed by atoms with Gasteiger partial charge in [-0.3, -0.25) is 14.4 Å². The van der Waals surface area contributed by atoms with E-state index in [-0.39, 0.29) is 25.0 Å². The Morgan fingerprint density at radius 1 is 0.879 bits per heavy atom. The van der Waals surface area contributed by atoms with E-state index < -0.39 is 5.91 Å². The van der Waals surface area contributed by atoms with E-state index >= 15 is 0 Å². The molecular weight excluding hydrogens is 450 g/mol. The Kier molecular flexibility index (Phi) is 8.37. The maximum absolute atomic E-state index is 12.5. The van der Waals surface area contributed by atoms with E-state index in [4.69, 9.17) is 25.8 Å². The van der Waals surface area contributed by atoms with Crippen LogP contribution >= 0.6 is 11.6 Å². The van der Waals surface area contributed by atoms with E-state index in [1.165, 1.54) is 14.2 Å². The van der Waals surface area contributed by atoms with E-state index in [1.54, 1.807) is 52.3 Å². The third kappa shape index (κ3) is 6.52. The summed E-state index contributed by atoms with van der Waals surface area (Å²) >= 11 is 5.83. The third-order valence-corrected chi connectivity index (χ3v) is 5.46. The quantitative estimate of drug-likeness (QED) is 0.625. The van der Waals surface area contributed by atoms with Crippen molar-refractivity contribution in [1.29, 1.82) is 0 Å². The molecule has 0 spiro atoms. The van der Waals surface area contributed by atoms with Gasteiger partial charge in [0.1, 0.15) is 5.75 Å². The second-order valence-electron chi connectivity index (χ2n) is 7.26. The summed E-state index contributed by atoms with van der Waals surface area (Å²) in [6.45, 7) is 1.35. The summed E-state index contributed by atoms with van der Waals surface area (Å²) in [7, 11) is 2.99. The molecule has 176 valence electrons.